The highest BCUT2D eigenvalue weighted by atomic mass is 35.5. The van der Waals surface area contributed by atoms with Crippen LogP contribution in [0, 0.1) is 0 Å². The lowest BCUT2D eigenvalue weighted by Gasteiger charge is -2.25. The Morgan fingerprint density at radius 1 is 1.04 bits per heavy atom. The van der Waals surface area contributed by atoms with Gasteiger partial charge >= 0.3 is 0 Å². The van der Waals surface area contributed by atoms with E-state index in [0.29, 0.717) is 24.1 Å². The van der Waals surface area contributed by atoms with Gasteiger partial charge in [0.1, 0.15) is 24.1 Å². The summed E-state index contributed by atoms with van der Waals surface area (Å²) in [7, 11) is 0. The quantitative estimate of drug-likeness (QED) is 0.107. The van der Waals surface area contributed by atoms with E-state index in [-0.39, 0.29) is 30.3 Å². The molecule has 1 amide bonds. The van der Waals surface area contributed by atoms with Crippen LogP contribution >= 0.6 is 11.6 Å². The predicted molar refractivity (Wildman–Crippen MR) is 179 cm³/mol. The van der Waals surface area contributed by atoms with Crippen LogP contribution in [0.25, 0.3) is 11.1 Å². The molecule has 3 aromatic rings. The van der Waals surface area contributed by atoms with Crippen molar-refractivity contribution in [2.75, 3.05) is 13.2 Å². The molecule has 1 aromatic heterocycles. The molecule has 47 heavy (non-hydrogen) atoms. The van der Waals surface area contributed by atoms with Crippen molar-refractivity contribution in [1.82, 2.24) is 15.6 Å². The van der Waals surface area contributed by atoms with E-state index in [1.165, 1.54) is 0 Å². The Bertz CT molecular complexity index is 1500. The van der Waals surface area contributed by atoms with Gasteiger partial charge in [0, 0.05) is 48.0 Å². The smallest absolute Gasteiger partial charge is 0.220 e. The van der Waals surface area contributed by atoms with Crippen LogP contribution in [-0.4, -0.2) is 80.1 Å². The Morgan fingerprint density at radius 3 is 2.51 bits per heavy atom. The lowest BCUT2D eigenvalue weighted by atomic mass is 9.93. The maximum absolute atomic E-state index is 12.3. The first-order chi connectivity index (χ1) is 22.6. The third-order valence-electron chi connectivity index (χ3n) is 9.21. The van der Waals surface area contributed by atoms with Crippen LogP contribution in [0.2, 0.25) is 5.02 Å². The van der Waals surface area contributed by atoms with Gasteiger partial charge in [0.25, 0.3) is 0 Å². The number of pyridine rings is 1. The third kappa shape index (κ3) is 9.08. The summed E-state index contributed by atoms with van der Waals surface area (Å²) in [6.07, 6.45) is 3.33. The SMILES string of the molecule is C[C@H](CCCC(=O)NC[C@H](O)[C@@H](O)[C@H](O)[C@H](O)CO)c1ccc(Cl)c(CNC2(c3cnccc3-c3ccccc3OC3CC3)CC2)c1. The highest BCUT2D eigenvalue weighted by Gasteiger charge is 2.46. The molecule has 5 rings (SSSR count). The van der Waals surface area contributed by atoms with Crippen LogP contribution < -0.4 is 15.4 Å². The van der Waals surface area contributed by atoms with Crippen molar-refractivity contribution in [3.63, 3.8) is 0 Å². The van der Waals surface area contributed by atoms with Gasteiger partial charge in [0.15, 0.2) is 0 Å². The fourth-order valence-corrected chi connectivity index (χ4v) is 6.05. The van der Waals surface area contributed by atoms with Crippen molar-refractivity contribution < 1.29 is 35.1 Å². The van der Waals surface area contributed by atoms with Crippen LogP contribution in [-0.2, 0) is 16.9 Å². The standard InChI is InChI=1S/C36H46ClN3O7/c1-22(5-4-8-33(44)39-20-30(42)34(45)35(46)31(43)21-41)23-9-12-29(37)24(17-23)18-40-36(14-15-36)28-19-38-16-13-26(28)27-6-2-3-7-32(27)47-25-10-11-25/h2-3,6-7,9,12-13,16-17,19,22,25,30-31,34-35,40-43,45-46H,4-5,8,10-11,14-15,18,20-21H2,1H3,(H,39,44)/t22-,30+,31-,34-,35-/m1/s1. The third-order valence-corrected chi connectivity index (χ3v) is 9.58. The fourth-order valence-electron chi connectivity index (χ4n) is 5.86. The maximum atomic E-state index is 12.3. The number of ether oxygens (including phenoxy) is 1. The van der Waals surface area contributed by atoms with E-state index < -0.39 is 31.0 Å². The lowest BCUT2D eigenvalue weighted by Crippen LogP contribution is -2.49. The number of hydrogen-bond acceptors (Lipinski definition) is 9. The average Bonchev–Trinajstić information content (AvgIpc) is 4.03. The van der Waals surface area contributed by atoms with Crippen LogP contribution in [0.5, 0.6) is 5.75 Å². The maximum Gasteiger partial charge on any atom is 0.220 e. The molecular weight excluding hydrogens is 622 g/mol. The van der Waals surface area contributed by atoms with Gasteiger partial charge in [-0.05, 0) is 84.9 Å². The first-order valence-electron chi connectivity index (χ1n) is 16.5. The zero-order chi connectivity index (χ0) is 33.6. The zero-order valence-corrected chi connectivity index (χ0v) is 27.4. The van der Waals surface area contributed by atoms with Crippen molar-refractivity contribution in [1.29, 1.82) is 0 Å². The monoisotopic (exact) mass is 667 g/mol. The van der Waals surface area contributed by atoms with Crippen LogP contribution in [0.1, 0.15) is 74.5 Å². The van der Waals surface area contributed by atoms with Gasteiger partial charge in [-0.15, -0.1) is 0 Å². The van der Waals surface area contributed by atoms with Crippen molar-refractivity contribution in [2.24, 2.45) is 0 Å². The number of aliphatic hydroxyl groups excluding tert-OH is 5. The molecule has 2 aliphatic rings. The number of rotatable bonds is 18. The molecule has 0 radical (unpaired) electrons. The molecule has 2 fully saturated rings. The molecule has 11 heteroatoms. The van der Waals surface area contributed by atoms with E-state index in [1.54, 1.807) is 0 Å². The molecule has 0 bridgehead atoms. The number of carbonyl (C=O) groups is 1. The number of aromatic nitrogens is 1. The second kappa shape index (κ2) is 15.9. The Morgan fingerprint density at radius 2 is 1.79 bits per heavy atom. The normalized spacial score (nSPS) is 18.5. The fraction of sp³-hybridized carbons (Fsp3) is 0.500. The summed E-state index contributed by atoms with van der Waals surface area (Å²) in [5.74, 6) is 0.781. The van der Waals surface area contributed by atoms with E-state index in [1.807, 2.05) is 42.7 Å². The topological polar surface area (TPSA) is 164 Å². The van der Waals surface area contributed by atoms with Gasteiger partial charge in [-0.25, -0.2) is 0 Å². The molecule has 2 saturated carbocycles. The summed E-state index contributed by atoms with van der Waals surface area (Å²) in [4.78, 5) is 16.8. The van der Waals surface area contributed by atoms with E-state index >= 15 is 0 Å². The minimum Gasteiger partial charge on any atom is -0.490 e. The number of nitrogens with one attached hydrogen (secondary N) is 2. The Hall–Kier alpha value is -3.09. The van der Waals surface area contributed by atoms with Crippen LogP contribution in [0.4, 0.5) is 0 Å². The number of hydrogen-bond donors (Lipinski definition) is 7. The Balaban J connectivity index is 1.15. The summed E-state index contributed by atoms with van der Waals surface area (Å²) in [6, 6.07) is 16.4. The highest BCUT2D eigenvalue weighted by Crippen LogP contribution is 2.50. The zero-order valence-electron chi connectivity index (χ0n) is 26.7. The number of carbonyl (C=O) groups excluding carboxylic acids is 1. The van der Waals surface area contributed by atoms with E-state index in [2.05, 4.69) is 40.7 Å². The van der Waals surface area contributed by atoms with Gasteiger partial charge in [0.2, 0.25) is 5.91 Å². The number of aliphatic hydroxyl groups is 5. The van der Waals surface area contributed by atoms with Crippen molar-refractivity contribution in [2.45, 2.75) is 100 Å². The molecule has 10 nitrogen and oxygen atoms in total. The second-order valence-electron chi connectivity index (χ2n) is 12.9. The first-order valence-corrected chi connectivity index (χ1v) is 16.8. The number of benzene rings is 2. The lowest BCUT2D eigenvalue weighted by molar-refractivity contribution is -0.126. The molecule has 2 aliphatic carbocycles. The molecule has 7 N–H and O–H groups in total. The van der Waals surface area contributed by atoms with Gasteiger partial charge in [0.05, 0.1) is 18.8 Å². The Kier molecular flexibility index (Phi) is 11.9. The molecule has 0 aliphatic heterocycles. The molecule has 5 atom stereocenters. The summed E-state index contributed by atoms with van der Waals surface area (Å²) < 4.78 is 6.25. The summed E-state index contributed by atoms with van der Waals surface area (Å²) in [6.45, 7) is 1.65. The van der Waals surface area contributed by atoms with Gasteiger partial charge < -0.3 is 40.9 Å². The summed E-state index contributed by atoms with van der Waals surface area (Å²) in [5, 5.41) is 55.0. The largest absolute Gasteiger partial charge is 0.490 e. The average molecular weight is 668 g/mol. The minimum atomic E-state index is -1.73. The van der Waals surface area contributed by atoms with Crippen molar-refractivity contribution in [3.8, 4) is 16.9 Å². The van der Waals surface area contributed by atoms with E-state index in [9.17, 15) is 25.2 Å². The predicted octanol–water partition coefficient (Wildman–Crippen LogP) is 3.55. The van der Waals surface area contributed by atoms with Gasteiger partial charge in [-0.3, -0.25) is 9.78 Å². The second-order valence-corrected chi connectivity index (χ2v) is 13.3. The molecule has 0 unspecified atom stereocenters. The van der Waals surface area contributed by atoms with Crippen molar-refractivity contribution >= 4 is 17.5 Å². The summed E-state index contributed by atoms with van der Waals surface area (Å²) >= 11 is 6.67. The molecule has 254 valence electrons. The number of amides is 1. The van der Waals surface area contributed by atoms with E-state index in [0.717, 1.165) is 65.7 Å². The molecule has 2 aromatic carbocycles. The van der Waals surface area contributed by atoms with Gasteiger partial charge in [-0.1, -0.05) is 48.9 Å². The molecule has 0 saturated heterocycles. The van der Waals surface area contributed by atoms with Crippen molar-refractivity contribution in [3.05, 3.63) is 82.6 Å². The highest BCUT2D eigenvalue weighted by molar-refractivity contribution is 6.31. The number of para-hydroxylation sites is 1. The number of nitrogens with zero attached hydrogens (tertiary/aromatic N) is 1. The van der Waals surface area contributed by atoms with Gasteiger partial charge in [-0.2, -0.15) is 0 Å². The van der Waals surface area contributed by atoms with E-state index in [4.69, 9.17) is 21.4 Å². The minimum absolute atomic E-state index is 0.170. The molecule has 0 spiro atoms. The summed E-state index contributed by atoms with van der Waals surface area (Å²) in [5.41, 5.74) is 5.30. The molecular formula is C36H46ClN3O7. The van der Waals surface area contributed by atoms with Crippen LogP contribution in [0.3, 0.4) is 0 Å². The molecule has 1 heterocycles. The Labute approximate surface area is 280 Å². The van der Waals surface area contributed by atoms with Crippen LogP contribution in [0.15, 0.2) is 60.9 Å². The first kappa shape index (κ1) is 35.2. The number of halogens is 1.